The van der Waals surface area contributed by atoms with Crippen LogP contribution in [0.15, 0.2) is 36.4 Å². The quantitative estimate of drug-likeness (QED) is 0.162. The molecule has 2 fully saturated rings. The summed E-state index contributed by atoms with van der Waals surface area (Å²) in [5.41, 5.74) is 4.53. The number of fused-ring (bicyclic) bond motifs is 2. The van der Waals surface area contributed by atoms with Crippen molar-refractivity contribution < 1.29 is 43.1 Å². The lowest BCUT2D eigenvalue weighted by Crippen LogP contribution is -2.52. The number of hydrogen-bond acceptors (Lipinski definition) is 9. The average Bonchev–Trinajstić information content (AvgIpc) is 3.62. The van der Waals surface area contributed by atoms with Crippen LogP contribution >= 0.6 is 0 Å². The molecule has 2 aromatic carbocycles. The zero-order valence-electron chi connectivity index (χ0n) is 28.2. The second kappa shape index (κ2) is 15.8. The maximum absolute atomic E-state index is 13.1. The molecule has 14 heteroatoms. The third-order valence-electron chi connectivity index (χ3n) is 10.1. The number of piperidine rings is 2. The Bertz CT molecular complexity index is 1660. The third-order valence-corrected chi connectivity index (χ3v) is 10.1. The number of nitrogens with zero attached hydrogens (tertiary/aromatic N) is 1. The Hall–Kier alpha value is -5.24. The van der Waals surface area contributed by atoms with Crippen LogP contribution in [0.1, 0.15) is 81.5 Å². The Balaban J connectivity index is 0.857. The average molecular weight is 700 g/mol. The van der Waals surface area contributed by atoms with E-state index in [1.165, 1.54) is 4.90 Å². The summed E-state index contributed by atoms with van der Waals surface area (Å²) in [5.74, 6) is -3.21. The van der Waals surface area contributed by atoms with Gasteiger partial charge in [0, 0.05) is 68.3 Å². The predicted octanol–water partition coefficient (Wildman–Crippen LogP) is 0.670. The summed E-state index contributed by atoms with van der Waals surface area (Å²) in [6.07, 6.45) is 2.75. The highest BCUT2D eigenvalue weighted by atomic mass is 16.5. The molecule has 6 rings (SSSR count). The summed E-state index contributed by atoms with van der Waals surface area (Å²) >= 11 is 0. The first kappa shape index (κ1) is 35.6. The smallest absolute Gasteiger partial charge is 0.255 e. The van der Waals surface area contributed by atoms with Crippen LogP contribution in [0.2, 0.25) is 0 Å². The fourth-order valence-corrected chi connectivity index (χ4v) is 7.46. The molecule has 1 aliphatic carbocycles. The van der Waals surface area contributed by atoms with E-state index in [9.17, 15) is 38.4 Å². The summed E-state index contributed by atoms with van der Waals surface area (Å²) < 4.78 is 5.56. The fourth-order valence-electron chi connectivity index (χ4n) is 7.46. The molecule has 0 radical (unpaired) electrons. The third kappa shape index (κ3) is 8.06. The zero-order valence-corrected chi connectivity index (χ0v) is 28.2. The number of nitrogens with one attached hydrogen (secondary N) is 4. The molecular formula is C37H41N5O9. The number of carbonyl (C=O) groups is 8. The number of Topliss-reactive ketones (excluding diaryl/α,β-unsaturated/α-hetero) is 1. The van der Waals surface area contributed by atoms with Crippen molar-refractivity contribution in [3.05, 3.63) is 69.8 Å². The molecule has 0 bridgehead atoms. The van der Waals surface area contributed by atoms with E-state index in [-0.39, 0.29) is 87.2 Å². The topological polar surface area (TPSA) is 197 Å². The Morgan fingerprint density at radius 3 is 1.94 bits per heavy atom. The van der Waals surface area contributed by atoms with Crippen LogP contribution in [0.25, 0.3) is 0 Å². The molecule has 0 spiro atoms. The number of imide groups is 2. The minimum atomic E-state index is -0.696. The summed E-state index contributed by atoms with van der Waals surface area (Å²) in [7, 11) is 0. The summed E-state index contributed by atoms with van der Waals surface area (Å²) in [6.45, 7) is 1.36. The molecule has 2 saturated heterocycles. The van der Waals surface area contributed by atoms with Gasteiger partial charge in [-0.15, -0.1) is 0 Å². The molecule has 0 saturated carbocycles. The van der Waals surface area contributed by atoms with E-state index < -0.39 is 29.7 Å². The van der Waals surface area contributed by atoms with Crippen molar-refractivity contribution in [3.63, 3.8) is 0 Å². The number of benzene rings is 2. The summed E-state index contributed by atoms with van der Waals surface area (Å²) in [6, 6.07) is 10.1. The lowest BCUT2D eigenvalue weighted by atomic mass is 9.82. The van der Waals surface area contributed by atoms with E-state index in [1.54, 1.807) is 24.3 Å². The van der Waals surface area contributed by atoms with Gasteiger partial charge in [-0.25, -0.2) is 0 Å². The van der Waals surface area contributed by atoms with Crippen molar-refractivity contribution in [2.24, 2.45) is 11.8 Å². The molecule has 3 aliphatic heterocycles. The van der Waals surface area contributed by atoms with Crippen LogP contribution in [0, 0.1) is 11.8 Å². The summed E-state index contributed by atoms with van der Waals surface area (Å²) in [4.78, 5) is 100. The van der Waals surface area contributed by atoms with E-state index >= 15 is 0 Å². The molecule has 7 amide bonds. The molecule has 2 aromatic rings. The Morgan fingerprint density at radius 2 is 1.31 bits per heavy atom. The van der Waals surface area contributed by atoms with Crippen molar-refractivity contribution in [2.45, 2.75) is 70.4 Å². The van der Waals surface area contributed by atoms with Gasteiger partial charge in [0.2, 0.25) is 35.4 Å². The van der Waals surface area contributed by atoms with Gasteiger partial charge in [-0.05, 0) is 60.4 Å². The zero-order chi connectivity index (χ0) is 36.1. The highest BCUT2D eigenvalue weighted by Crippen LogP contribution is 2.37. The minimum absolute atomic E-state index is 0.0868. The molecule has 3 heterocycles. The van der Waals surface area contributed by atoms with Crippen molar-refractivity contribution >= 4 is 47.1 Å². The Morgan fingerprint density at radius 1 is 0.725 bits per heavy atom. The number of aryl methyl sites for hydroxylation is 2. The van der Waals surface area contributed by atoms with Gasteiger partial charge in [0.15, 0.2) is 5.78 Å². The second-order valence-electron chi connectivity index (χ2n) is 13.3. The number of ketones is 1. The molecule has 268 valence electrons. The van der Waals surface area contributed by atoms with E-state index in [0.717, 1.165) is 22.3 Å². The van der Waals surface area contributed by atoms with Crippen molar-refractivity contribution in [2.75, 3.05) is 26.3 Å². The standard InChI is InChI=1S/C37H41N5O9/c43-30(11-7-21-3-1-5-23-26(21)19-27(34(23)47)24-9-13-32(45)40-35(24)48)38-15-17-51-18-16-39-31(44)12-8-22-4-2-6-25-28(22)20-42(37(25)50)29-10-14-33(46)41-36(29)49/h1-6,24,27,29H,7-20H2,(H,38,43)(H,39,44)(H,40,45,48)(H,41,46,49). The van der Waals surface area contributed by atoms with Crippen LogP contribution in [-0.4, -0.2) is 84.4 Å². The molecule has 51 heavy (non-hydrogen) atoms. The van der Waals surface area contributed by atoms with Crippen LogP contribution in [0.3, 0.4) is 0 Å². The Labute approximate surface area is 294 Å². The van der Waals surface area contributed by atoms with Gasteiger partial charge >= 0.3 is 0 Å². The van der Waals surface area contributed by atoms with Crippen molar-refractivity contribution in [1.29, 1.82) is 0 Å². The number of rotatable bonds is 14. The molecular weight excluding hydrogens is 658 g/mol. The second-order valence-corrected chi connectivity index (χ2v) is 13.3. The maximum Gasteiger partial charge on any atom is 0.255 e. The van der Waals surface area contributed by atoms with Crippen LogP contribution in [0.5, 0.6) is 0 Å². The highest BCUT2D eigenvalue weighted by Gasteiger charge is 2.43. The SMILES string of the molecule is O=C(CCc1cccc2c1CC(C1CCC(=O)NC1=O)C2=O)NCCOCCNC(=O)CCc1cccc2c1CN(C1CCC(=O)NC1=O)C2=O. The largest absolute Gasteiger partial charge is 0.378 e. The molecule has 0 aromatic heterocycles. The first-order valence-corrected chi connectivity index (χ1v) is 17.5. The van der Waals surface area contributed by atoms with Crippen molar-refractivity contribution in [3.8, 4) is 0 Å². The highest BCUT2D eigenvalue weighted by molar-refractivity contribution is 6.07. The number of hydrogen-bond donors (Lipinski definition) is 4. The van der Waals surface area contributed by atoms with Crippen LogP contribution in [0.4, 0.5) is 0 Å². The predicted molar refractivity (Wildman–Crippen MR) is 180 cm³/mol. The lowest BCUT2D eigenvalue weighted by Gasteiger charge is -2.29. The maximum atomic E-state index is 13.1. The number of ether oxygens (including phenoxy) is 1. The van der Waals surface area contributed by atoms with Gasteiger partial charge in [-0.1, -0.05) is 30.3 Å². The van der Waals surface area contributed by atoms with E-state index in [4.69, 9.17) is 4.74 Å². The lowest BCUT2D eigenvalue weighted by molar-refractivity contribution is -0.138. The van der Waals surface area contributed by atoms with Gasteiger partial charge in [0.05, 0.1) is 13.2 Å². The summed E-state index contributed by atoms with van der Waals surface area (Å²) in [5, 5.41) is 10.3. The molecule has 3 unspecified atom stereocenters. The minimum Gasteiger partial charge on any atom is -0.378 e. The number of carbonyl (C=O) groups excluding carboxylic acids is 8. The van der Waals surface area contributed by atoms with Gasteiger partial charge in [0.1, 0.15) is 6.04 Å². The van der Waals surface area contributed by atoms with Crippen LogP contribution < -0.4 is 21.3 Å². The molecule has 3 atom stereocenters. The fraction of sp³-hybridized carbons (Fsp3) is 0.459. The van der Waals surface area contributed by atoms with Gasteiger partial charge in [-0.3, -0.25) is 49.0 Å². The molecule has 4 aliphatic rings. The van der Waals surface area contributed by atoms with E-state index in [1.807, 2.05) is 12.1 Å². The first-order valence-electron chi connectivity index (χ1n) is 17.5. The van der Waals surface area contributed by atoms with Gasteiger partial charge in [0.25, 0.3) is 5.91 Å². The molecule has 14 nitrogen and oxygen atoms in total. The van der Waals surface area contributed by atoms with Crippen molar-refractivity contribution in [1.82, 2.24) is 26.2 Å². The monoisotopic (exact) mass is 699 g/mol. The van der Waals surface area contributed by atoms with Gasteiger partial charge < -0.3 is 20.3 Å². The molecule has 4 N–H and O–H groups in total. The van der Waals surface area contributed by atoms with Gasteiger partial charge in [-0.2, -0.15) is 0 Å². The normalized spacial score (nSPS) is 21.3. The van der Waals surface area contributed by atoms with Crippen LogP contribution in [-0.2, 0) is 59.3 Å². The Kier molecular flexibility index (Phi) is 11.0. The van der Waals surface area contributed by atoms with E-state index in [0.29, 0.717) is 49.9 Å². The number of amides is 7. The van der Waals surface area contributed by atoms with E-state index in [2.05, 4.69) is 21.3 Å². The first-order chi connectivity index (χ1) is 24.6.